The first kappa shape index (κ1) is 26.2. The first-order valence-electron chi connectivity index (χ1n) is 10.4. The van der Waals surface area contributed by atoms with E-state index in [0.29, 0.717) is 19.0 Å². The van der Waals surface area contributed by atoms with E-state index in [1.165, 1.54) is 32.4 Å². The standard InChI is InChI=1S/C22H30F2N4O3.HI/c1-25-22(26-14-16-8-9-19(29-2)20(13-16)31-21(23)24)27-15-17(18-7-6-12-30-18)28-10-4-3-5-11-28;/h6-9,12-13,17,21H,3-5,10-11,14-15H2,1-2H3,(H2,25,26,27);1H. The van der Waals surface area contributed by atoms with Crippen LogP contribution < -0.4 is 20.1 Å². The van der Waals surface area contributed by atoms with E-state index in [2.05, 4.69) is 25.3 Å². The molecule has 0 amide bonds. The molecule has 10 heteroatoms. The van der Waals surface area contributed by atoms with Gasteiger partial charge in [0.25, 0.3) is 0 Å². The Morgan fingerprint density at radius 1 is 1.16 bits per heavy atom. The molecule has 1 unspecified atom stereocenters. The van der Waals surface area contributed by atoms with Crippen molar-refractivity contribution in [2.24, 2.45) is 4.99 Å². The summed E-state index contributed by atoms with van der Waals surface area (Å²) >= 11 is 0. The Labute approximate surface area is 204 Å². The number of guanidine groups is 1. The van der Waals surface area contributed by atoms with E-state index in [1.54, 1.807) is 25.4 Å². The lowest BCUT2D eigenvalue weighted by Gasteiger charge is -2.33. The van der Waals surface area contributed by atoms with E-state index >= 15 is 0 Å². The van der Waals surface area contributed by atoms with Crippen molar-refractivity contribution in [2.45, 2.75) is 38.5 Å². The fraction of sp³-hybridized carbons (Fsp3) is 0.500. The number of alkyl halides is 2. The average Bonchev–Trinajstić information content (AvgIpc) is 3.31. The molecule has 0 saturated carbocycles. The summed E-state index contributed by atoms with van der Waals surface area (Å²) in [5.41, 5.74) is 0.762. The molecule has 0 bridgehead atoms. The molecule has 178 valence electrons. The van der Waals surface area contributed by atoms with Crippen LogP contribution in [0, 0.1) is 0 Å². The van der Waals surface area contributed by atoms with E-state index in [1.807, 2.05) is 12.1 Å². The molecule has 1 fully saturated rings. The number of halogens is 3. The van der Waals surface area contributed by atoms with Gasteiger partial charge in [-0.2, -0.15) is 8.78 Å². The molecule has 1 aliphatic heterocycles. The first-order chi connectivity index (χ1) is 15.1. The number of nitrogens with zero attached hydrogens (tertiary/aromatic N) is 2. The van der Waals surface area contributed by atoms with E-state index in [-0.39, 0.29) is 41.5 Å². The molecule has 0 spiro atoms. The second-order valence-electron chi connectivity index (χ2n) is 7.30. The number of ether oxygens (including phenoxy) is 2. The number of furan rings is 1. The highest BCUT2D eigenvalue weighted by molar-refractivity contribution is 14.0. The van der Waals surface area contributed by atoms with Gasteiger partial charge in [0, 0.05) is 20.1 Å². The Morgan fingerprint density at radius 2 is 1.94 bits per heavy atom. The summed E-state index contributed by atoms with van der Waals surface area (Å²) in [4.78, 5) is 6.71. The summed E-state index contributed by atoms with van der Waals surface area (Å²) in [6.07, 6.45) is 5.33. The van der Waals surface area contributed by atoms with Crippen molar-refractivity contribution in [2.75, 3.05) is 33.8 Å². The third kappa shape index (κ3) is 7.51. The van der Waals surface area contributed by atoms with Crippen LogP contribution in [0.3, 0.4) is 0 Å². The van der Waals surface area contributed by atoms with Gasteiger partial charge in [0.05, 0.1) is 19.4 Å². The Balaban J connectivity index is 0.00000363. The lowest BCUT2D eigenvalue weighted by atomic mass is 10.1. The third-order valence-corrected chi connectivity index (χ3v) is 5.29. The largest absolute Gasteiger partial charge is 0.493 e. The maximum absolute atomic E-state index is 12.6. The number of piperidine rings is 1. The predicted molar refractivity (Wildman–Crippen MR) is 130 cm³/mol. The summed E-state index contributed by atoms with van der Waals surface area (Å²) in [5.74, 6) is 1.80. The number of hydrogen-bond acceptors (Lipinski definition) is 5. The van der Waals surface area contributed by atoms with Crippen molar-refractivity contribution < 1.29 is 22.7 Å². The van der Waals surface area contributed by atoms with E-state index in [4.69, 9.17) is 9.15 Å². The van der Waals surface area contributed by atoms with Crippen LogP contribution in [-0.2, 0) is 6.54 Å². The van der Waals surface area contributed by atoms with Gasteiger partial charge in [-0.25, -0.2) is 0 Å². The Bertz CT molecular complexity index is 831. The van der Waals surface area contributed by atoms with E-state index < -0.39 is 6.61 Å². The quantitative estimate of drug-likeness (QED) is 0.268. The lowest BCUT2D eigenvalue weighted by Crippen LogP contribution is -2.44. The van der Waals surface area contributed by atoms with Crippen molar-refractivity contribution in [3.8, 4) is 11.5 Å². The lowest BCUT2D eigenvalue weighted by molar-refractivity contribution is -0.0512. The fourth-order valence-electron chi connectivity index (χ4n) is 3.74. The molecule has 1 saturated heterocycles. The normalized spacial score (nSPS) is 15.7. The molecular weight excluding hydrogens is 533 g/mol. The topological polar surface area (TPSA) is 71.3 Å². The molecule has 0 aliphatic carbocycles. The smallest absolute Gasteiger partial charge is 0.387 e. The number of aliphatic imine (C=N–C) groups is 1. The number of hydrogen-bond donors (Lipinski definition) is 2. The fourth-order valence-corrected chi connectivity index (χ4v) is 3.74. The van der Waals surface area contributed by atoms with Gasteiger partial charge >= 0.3 is 6.61 Å². The van der Waals surface area contributed by atoms with Crippen LogP contribution >= 0.6 is 24.0 Å². The molecule has 7 nitrogen and oxygen atoms in total. The number of rotatable bonds is 9. The summed E-state index contributed by atoms with van der Waals surface area (Å²) < 4.78 is 40.6. The first-order valence-corrected chi connectivity index (χ1v) is 10.4. The predicted octanol–water partition coefficient (Wildman–Crippen LogP) is 4.40. The van der Waals surface area contributed by atoms with Crippen LogP contribution in [0.25, 0.3) is 0 Å². The maximum atomic E-state index is 12.6. The molecule has 2 N–H and O–H groups in total. The summed E-state index contributed by atoms with van der Waals surface area (Å²) in [5, 5.41) is 6.57. The minimum atomic E-state index is -2.92. The molecule has 0 radical (unpaired) electrons. The monoisotopic (exact) mass is 564 g/mol. The molecule has 2 aromatic rings. The number of benzene rings is 1. The van der Waals surface area contributed by atoms with Gasteiger partial charge in [0.1, 0.15) is 5.76 Å². The number of likely N-dealkylation sites (tertiary alicyclic amines) is 1. The molecule has 1 aromatic carbocycles. The summed E-state index contributed by atoms with van der Waals surface area (Å²) in [6, 6.07) is 8.94. The highest BCUT2D eigenvalue weighted by Crippen LogP contribution is 2.29. The molecular formula is C22H31F2IN4O3. The molecule has 1 aliphatic rings. The van der Waals surface area contributed by atoms with E-state index in [9.17, 15) is 8.78 Å². The van der Waals surface area contributed by atoms with Gasteiger partial charge in [-0.3, -0.25) is 9.89 Å². The Morgan fingerprint density at radius 3 is 2.56 bits per heavy atom. The number of methoxy groups -OCH3 is 1. The molecule has 3 rings (SSSR count). The SMILES string of the molecule is CN=C(NCc1ccc(OC)c(OC(F)F)c1)NCC(c1ccco1)N1CCCCC1.I. The zero-order chi connectivity index (χ0) is 22.1. The van der Waals surface area contributed by atoms with Crippen LogP contribution in [-0.4, -0.2) is 51.3 Å². The van der Waals surface area contributed by atoms with E-state index in [0.717, 1.165) is 24.4 Å². The molecule has 2 heterocycles. The summed E-state index contributed by atoms with van der Waals surface area (Å²) in [7, 11) is 3.10. The highest BCUT2D eigenvalue weighted by Gasteiger charge is 2.24. The van der Waals surface area contributed by atoms with Crippen molar-refractivity contribution in [3.63, 3.8) is 0 Å². The van der Waals surface area contributed by atoms with Gasteiger partial charge in [0.2, 0.25) is 0 Å². The maximum Gasteiger partial charge on any atom is 0.387 e. The molecule has 1 aromatic heterocycles. The minimum absolute atomic E-state index is 0. The van der Waals surface area contributed by atoms with Crippen molar-refractivity contribution in [1.82, 2.24) is 15.5 Å². The second kappa shape index (κ2) is 13.5. The second-order valence-corrected chi connectivity index (χ2v) is 7.30. The van der Waals surface area contributed by atoms with Crippen LogP contribution in [0.4, 0.5) is 8.78 Å². The Hall–Kier alpha value is -2.08. The van der Waals surface area contributed by atoms with Gasteiger partial charge in [-0.15, -0.1) is 24.0 Å². The van der Waals surface area contributed by atoms with Crippen LogP contribution in [0.5, 0.6) is 11.5 Å². The third-order valence-electron chi connectivity index (χ3n) is 5.29. The molecule has 32 heavy (non-hydrogen) atoms. The molecule has 1 atom stereocenters. The van der Waals surface area contributed by atoms with Crippen LogP contribution in [0.15, 0.2) is 46.0 Å². The van der Waals surface area contributed by atoms with Gasteiger partial charge in [-0.05, 0) is 55.8 Å². The van der Waals surface area contributed by atoms with Crippen LogP contribution in [0.1, 0.15) is 36.6 Å². The minimum Gasteiger partial charge on any atom is -0.493 e. The van der Waals surface area contributed by atoms with Gasteiger partial charge < -0.3 is 24.5 Å². The van der Waals surface area contributed by atoms with Gasteiger partial charge in [0.15, 0.2) is 17.5 Å². The zero-order valence-corrected chi connectivity index (χ0v) is 20.7. The van der Waals surface area contributed by atoms with Crippen molar-refractivity contribution in [1.29, 1.82) is 0 Å². The average molecular weight is 564 g/mol. The zero-order valence-electron chi connectivity index (χ0n) is 18.4. The van der Waals surface area contributed by atoms with Gasteiger partial charge in [-0.1, -0.05) is 12.5 Å². The Kier molecular flexibility index (Phi) is 11.0. The summed E-state index contributed by atoms with van der Waals surface area (Å²) in [6.45, 7) is 0.184. The van der Waals surface area contributed by atoms with Crippen LogP contribution in [0.2, 0.25) is 0 Å². The highest BCUT2D eigenvalue weighted by atomic mass is 127. The number of nitrogens with one attached hydrogen (secondary N) is 2. The van der Waals surface area contributed by atoms with Crippen molar-refractivity contribution in [3.05, 3.63) is 47.9 Å². The van der Waals surface area contributed by atoms with Crippen molar-refractivity contribution >= 4 is 29.9 Å².